The molecule has 0 heterocycles. The Morgan fingerprint density at radius 2 is 2.00 bits per heavy atom. The van der Waals surface area contributed by atoms with Crippen molar-refractivity contribution in [1.82, 2.24) is 4.90 Å². The second-order valence-corrected chi connectivity index (χ2v) is 4.64. The van der Waals surface area contributed by atoms with Crippen molar-refractivity contribution < 1.29 is 24.2 Å². The fourth-order valence-corrected chi connectivity index (χ4v) is 1.77. The molecular weight excluding hydrogens is 274 g/mol. The molecule has 0 aromatic heterocycles. The summed E-state index contributed by atoms with van der Waals surface area (Å²) in [5.41, 5.74) is 0. The minimum atomic E-state index is -1.04. The maximum absolute atomic E-state index is 12.1. The molecule has 6 heteroatoms. The van der Waals surface area contributed by atoms with Gasteiger partial charge >= 0.3 is 5.97 Å². The molecule has 21 heavy (non-hydrogen) atoms. The Hall–Kier alpha value is -2.24. The second kappa shape index (κ2) is 8.14. The molecule has 116 valence electrons. The van der Waals surface area contributed by atoms with E-state index in [0.717, 1.165) is 0 Å². The molecule has 0 aliphatic heterocycles. The standard InChI is InChI=1S/C15H21NO5/c1-4-11(2)16(9-15(18)19)14(17)10-21-13-7-5-6-12(8-13)20-3/h5-8,11H,4,9-10H2,1-3H3,(H,18,19). The lowest BCUT2D eigenvalue weighted by atomic mass is 10.2. The number of carboxylic acid groups (broad SMARTS) is 1. The molecule has 1 unspecified atom stereocenters. The normalized spacial score (nSPS) is 11.6. The molecule has 1 amide bonds. The number of amides is 1. The minimum Gasteiger partial charge on any atom is -0.497 e. The number of rotatable bonds is 8. The number of nitrogens with zero attached hydrogens (tertiary/aromatic N) is 1. The lowest BCUT2D eigenvalue weighted by Gasteiger charge is -2.26. The van der Waals surface area contributed by atoms with Crippen molar-refractivity contribution in [3.63, 3.8) is 0 Å². The highest BCUT2D eigenvalue weighted by atomic mass is 16.5. The predicted molar refractivity (Wildman–Crippen MR) is 77.6 cm³/mol. The SMILES string of the molecule is CCC(C)N(CC(=O)O)C(=O)COc1cccc(OC)c1. The lowest BCUT2D eigenvalue weighted by molar-refractivity contribution is -0.147. The van der Waals surface area contributed by atoms with Gasteiger partial charge in [-0.2, -0.15) is 0 Å². The summed E-state index contributed by atoms with van der Waals surface area (Å²) in [6, 6.07) is 6.74. The van der Waals surface area contributed by atoms with Gasteiger partial charge < -0.3 is 19.5 Å². The summed E-state index contributed by atoms with van der Waals surface area (Å²) in [5, 5.41) is 8.88. The number of ether oxygens (including phenoxy) is 2. The van der Waals surface area contributed by atoms with Crippen LogP contribution in [0.2, 0.25) is 0 Å². The first-order chi connectivity index (χ1) is 9.97. The van der Waals surface area contributed by atoms with E-state index >= 15 is 0 Å². The summed E-state index contributed by atoms with van der Waals surface area (Å²) < 4.78 is 10.5. The van der Waals surface area contributed by atoms with Crippen LogP contribution in [-0.4, -0.2) is 48.2 Å². The first-order valence-corrected chi connectivity index (χ1v) is 6.76. The number of carbonyl (C=O) groups is 2. The molecule has 0 saturated carbocycles. The van der Waals surface area contributed by atoms with E-state index in [1.807, 2.05) is 13.8 Å². The van der Waals surface area contributed by atoms with Crippen LogP contribution in [0.25, 0.3) is 0 Å². The molecule has 0 bridgehead atoms. The minimum absolute atomic E-state index is 0.150. The quantitative estimate of drug-likeness (QED) is 0.791. The molecule has 1 atom stereocenters. The average Bonchev–Trinajstić information content (AvgIpc) is 2.49. The molecule has 0 saturated heterocycles. The maximum atomic E-state index is 12.1. The Labute approximate surface area is 124 Å². The van der Waals surface area contributed by atoms with Crippen LogP contribution in [0.4, 0.5) is 0 Å². The summed E-state index contributed by atoms with van der Waals surface area (Å²) in [6.45, 7) is 3.18. The van der Waals surface area contributed by atoms with Gasteiger partial charge in [0.2, 0.25) is 0 Å². The first-order valence-electron chi connectivity index (χ1n) is 6.76. The zero-order valence-electron chi connectivity index (χ0n) is 12.5. The highest BCUT2D eigenvalue weighted by Gasteiger charge is 2.21. The van der Waals surface area contributed by atoms with E-state index in [4.69, 9.17) is 14.6 Å². The van der Waals surface area contributed by atoms with Gasteiger partial charge in [-0.25, -0.2) is 0 Å². The van der Waals surface area contributed by atoms with E-state index < -0.39 is 5.97 Å². The number of methoxy groups -OCH3 is 1. The van der Waals surface area contributed by atoms with Gasteiger partial charge in [-0.3, -0.25) is 9.59 Å². The van der Waals surface area contributed by atoms with Crippen molar-refractivity contribution in [2.75, 3.05) is 20.3 Å². The monoisotopic (exact) mass is 295 g/mol. The van der Waals surface area contributed by atoms with E-state index in [0.29, 0.717) is 17.9 Å². The van der Waals surface area contributed by atoms with Gasteiger partial charge in [0, 0.05) is 12.1 Å². The van der Waals surface area contributed by atoms with Crippen LogP contribution in [-0.2, 0) is 9.59 Å². The largest absolute Gasteiger partial charge is 0.497 e. The summed E-state index contributed by atoms with van der Waals surface area (Å²) in [5.74, 6) is -0.258. The molecule has 0 fully saturated rings. The number of benzene rings is 1. The van der Waals surface area contributed by atoms with Gasteiger partial charge in [0.1, 0.15) is 18.0 Å². The molecule has 0 aliphatic rings. The van der Waals surface area contributed by atoms with Gasteiger partial charge in [0.25, 0.3) is 5.91 Å². The van der Waals surface area contributed by atoms with Crippen LogP contribution in [0.3, 0.4) is 0 Å². The number of carboxylic acids is 1. The Morgan fingerprint density at radius 1 is 1.33 bits per heavy atom. The van der Waals surface area contributed by atoms with E-state index in [2.05, 4.69) is 0 Å². The van der Waals surface area contributed by atoms with E-state index in [1.54, 1.807) is 31.4 Å². The first kappa shape index (κ1) is 16.8. The summed E-state index contributed by atoms with van der Waals surface area (Å²) in [7, 11) is 1.54. The molecule has 1 aromatic rings. The van der Waals surface area contributed by atoms with Crippen LogP contribution in [0.1, 0.15) is 20.3 Å². The Bertz CT molecular complexity index is 489. The molecular formula is C15H21NO5. The summed E-state index contributed by atoms with van der Waals surface area (Å²) in [6.07, 6.45) is 0.679. The van der Waals surface area contributed by atoms with E-state index in [1.165, 1.54) is 4.90 Å². The van der Waals surface area contributed by atoms with Crippen LogP contribution < -0.4 is 9.47 Å². The van der Waals surface area contributed by atoms with Crippen molar-refractivity contribution in [1.29, 1.82) is 0 Å². The van der Waals surface area contributed by atoms with Gasteiger partial charge in [-0.1, -0.05) is 13.0 Å². The fourth-order valence-electron chi connectivity index (χ4n) is 1.77. The van der Waals surface area contributed by atoms with Gasteiger partial charge in [0.05, 0.1) is 7.11 Å². The predicted octanol–water partition coefficient (Wildman–Crippen LogP) is 1.79. The highest BCUT2D eigenvalue weighted by Crippen LogP contribution is 2.19. The van der Waals surface area contributed by atoms with Crippen molar-refractivity contribution in [3.8, 4) is 11.5 Å². The number of aliphatic carboxylic acids is 1. The summed E-state index contributed by atoms with van der Waals surface area (Å²) in [4.78, 5) is 24.3. The third-order valence-corrected chi connectivity index (χ3v) is 3.15. The smallest absolute Gasteiger partial charge is 0.323 e. The van der Waals surface area contributed by atoms with Crippen LogP contribution in [0.5, 0.6) is 11.5 Å². The third kappa shape index (κ3) is 5.33. The fraction of sp³-hybridized carbons (Fsp3) is 0.467. The number of hydrogen-bond donors (Lipinski definition) is 1. The van der Waals surface area contributed by atoms with Crippen LogP contribution >= 0.6 is 0 Å². The molecule has 1 aromatic carbocycles. The Balaban J connectivity index is 2.66. The Kier molecular flexibility index (Phi) is 6.52. The van der Waals surface area contributed by atoms with E-state index in [9.17, 15) is 9.59 Å². The average molecular weight is 295 g/mol. The van der Waals surface area contributed by atoms with Gasteiger partial charge in [0.15, 0.2) is 6.61 Å². The summed E-state index contributed by atoms with van der Waals surface area (Å²) >= 11 is 0. The van der Waals surface area contributed by atoms with Crippen molar-refractivity contribution in [2.45, 2.75) is 26.3 Å². The number of carbonyl (C=O) groups excluding carboxylic acids is 1. The second-order valence-electron chi connectivity index (χ2n) is 4.64. The molecule has 0 radical (unpaired) electrons. The van der Waals surface area contributed by atoms with Crippen molar-refractivity contribution >= 4 is 11.9 Å². The maximum Gasteiger partial charge on any atom is 0.323 e. The molecule has 0 spiro atoms. The molecule has 1 N–H and O–H groups in total. The topological polar surface area (TPSA) is 76.1 Å². The molecule has 6 nitrogen and oxygen atoms in total. The zero-order valence-corrected chi connectivity index (χ0v) is 12.5. The van der Waals surface area contributed by atoms with Gasteiger partial charge in [-0.15, -0.1) is 0 Å². The molecule has 0 aliphatic carbocycles. The number of hydrogen-bond acceptors (Lipinski definition) is 4. The van der Waals surface area contributed by atoms with Crippen LogP contribution in [0.15, 0.2) is 24.3 Å². The third-order valence-electron chi connectivity index (χ3n) is 3.15. The molecule has 1 rings (SSSR count). The van der Waals surface area contributed by atoms with E-state index in [-0.39, 0.29) is 25.1 Å². The van der Waals surface area contributed by atoms with Gasteiger partial charge in [-0.05, 0) is 25.5 Å². The zero-order chi connectivity index (χ0) is 15.8. The van der Waals surface area contributed by atoms with Crippen molar-refractivity contribution in [2.24, 2.45) is 0 Å². The Morgan fingerprint density at radius 3 is 2.57 bits per heavy atom. The van der Waals surface area contributed by atoms with Crippen molar-refractivity contribution in [3.05, 3.63) is 24.3 Å². The lowest BCUT2D eigenvalue weighted by Crippen LogP contribution is -2.44. The van der Waals surface area contributed by atoms with Crippen LogP contribution in [0, 0.1) is 0 Å². The highest BCUT2D eigenvalue weighted by molar-refractivity contribution is 5.82.